The number of aromatic nitrogens is 1. The number of hydrogen-bond donors (Lipinski definition) is 1. The van der Waals surface area contributed by atoms with Gasteiger partial charge in [0.1, 0.15) is 5.82 Å². The van der Waals surface area contributed by atoms with E-state index in [1.807, 2.05) is 0 Å². The lowest BCUT2D eigenvalue weighted by Gasteiger charge is -2.42. The number of carboxylic acids is 1. The Labute approximate surface area is 118 Å². The maximum absolute atomic E-state index is 11.1. The van der Waals surface area contributed by atoms with Crippen molar-refractivity contribution >= 4 is 23.4 Å². The molecular formula is C14H19ClN2O2. The van der Waals surface area contributed by atoms with E-state index in [0.717, 1.165) is 6.54 Å². The molecule has 3 unspecified atom stereocenters. The molecule has 104 valence electrons. The Morgan fingerprint density at radius 2 is 2.16 bits per heavy atom. The van der Waals surface area contributed by atoms with Gasteiger partial charge in [-0.2, -0.15) is 0 Å². The summed E-state index contributed by atoms with van der Waals surface area (Å²) in [7, 11) is 0. The molecule has 5 heteroatoms. The van der Waals surface area contributed by atoms with Crippen LogP contribution in [0.5, 0.6) is 0 Å². The molecule has 0 spiro atoms. The Morgan fingerprint density at radius 3 is 2.79 bits per heavy atom. The number of rotatable bonds is 2. The van der Waals surface area contributed by atoms with E-state index in [1.165, 1.54) is 18.7 Å². The second kappa shape index (κ2) is 5.37. The highest BCUT2D eigenvalue weighted by Crippen LogP contribution is 2.35. The molecule has 0 radical (unpaired) electrons. The van der Waals surface area contributed by atoms with Gasteiger partial charge in [-0.1, -0.05) is 25.4 Å². The van der Waals surface area contributed by atoms with Crippen LogP contribution in [0.25, 0.3) is 0 Å². The fourth-order valence-corrected chi connectivity index (χ4v) is 3.09. The smallest absolute Gasteiger partial charge is 0.337 e. The van der Waals surface area contributed by atoms with E-state index in [2.05, 4.69) is 30.7 Å². The largest absolute Gasteiger partial charge is 0.478 e. The monoisotopic (exact) mass is 282 g/mol. The van der Waals surface area contributed by atoms with Crippen LogP contribution in [0.4, 0.5) is 5.82 Å². The van der Waals surface area contributed by atoms with Crippen molar-refractivity contribution in [2.45, 2.75) is 33.2 Å². The molecule has 19 heavy (non-hydrogen) atoms. The van der Waals surface area contributed by atoms with Gasteiger partial charge in [0, 0.05) is 18.8 Å². The first kappa shape index (κ1) is 14.1. The number of carbonyl (C=O) groups is 1. The molecule has 0 aromatic carbocycles. The van der Waals surface area contributed by atoms with Crippen LogP contribution in [0, 0.1) is 11.8 Å². The second-order valence-electron chi connectivity index (χ2n) is 5.51. The molecule has 0 aliphatic carbocycles. The molecular weight excluding hydrogens is 264 g/mol. The van der Waals surface area contributed by atoms with E-state index in [4.69, 9.17) is 16.7 Å². The number of aromatic carboxylic acids is 1. The first-order chi connectivity index (χ1) is 8.91. The molecule has 0 bridgehead atoms. The Kier molecular flexibility index (Phi) is 3.99. The fourth-order valence-electron chi connectivity index (χ4n) is 2.79. The van der Waals surface area contributed by atoms with Gasteiger partial charge in [-0.3, -0.25) is 0 Å². The lowest BCUT2D eigenvalue weighted by atomic mass is 9.86. The summed E-state index contributed by atoms with van der Waals surface area (Å²) in [4.78, 5) is 17.6. The van der Waals surface area contributed by atoms with Crippen molar-refractivity contribution in [1.82, 2.24) is 4.98 Å². The number of hydrogen-bond acceptors (Lipinski definition) is 3. The molecule has 1 aromatic heterocycles. The first-order valence-electron chi connectivity index (χ1n) is 6.56. The third-order valence-corrected chi connectivity index (χ3v) is 4.34. The summed E-state index contributed by atoms with van der Waals surface area (Å²) in [6.45, 7) is 7.41. The summed E-state index contributed by atoms with van der Waals surface area (Å²) in [5.41, 5.74) is 0.116. The molecule has 1 aliphatic heterocycles. The lowest BCUT2D eigenvalue weighted by Crippen LogP contribution is -2.46. The van der Waals surface area contributed by atoms with Crippen LogP contribution in [-0.2, 0) is 0 Å². The zero-order chi connectivity index (χ0) is 14.2. The molecule has 2 heterocycles. The zero-order valence-corrected chi connectivity index (χ0v) is 12.2. The first-order valence-corrected chi connectivity index (χ1v) is 6.94. The predicted molar refractivity (Wildman–Crippen MR) is 76.0 cm³/mol. The second-order valence-corrected chi connectivity index (χ2v) is 5.89. The van der Waals surface area contributed by atoms with Crippen molar-refractivity contribution in [3.05, 3.63) is 22.8 Å². The zero-order valence-electron chi connectivity index (χ0n) is 11.4. The van der Waals surface area contributed by atoms with Crippen LogP contribution in [-0.4, -0.2) is 28.6 Å². The molecule has 0 amide bonds. The van der Waals surface area contributed by atoms with Gasteiger partial charge < -0.3 is 10.0 Å². The van der Waals surface area contributed by atoms with Crippen molar-refractivity contribution in [2.75, 3.05) is 11.4 Å². The molecule has 1 fully saturated rings. The number of anilines is 1. The molecule has 4 nitrogen and oxygen atoms in total. The molecule has 1 aromatic rings. The minimum absolute atomic E-state index is 0.116. The van der Waals surface area contributed by atoms with Crippen LogP contribution in [0.2, 0.25) is 5.02 Å². The topological polar surface area (TPSA) is 53.4 Å². The van der Waals surface area contributed by atoms with Crippen LogP contribution >= 0.6 is 11.6 Å². The third kappa shape index (κ3) is 2.68. The lowest BCUT2D eigenvalue weighted by molar-refractivity contribution is 0.0697. The van der Waals surface area contributed by atoms with Crippen LogP contribution in [0.1, 0.15) is 37.6 Å². The van der Waals surface area contributed by atoms with Gasteiger partial charge in [0.05, 0.1) is 10.6 Å². The molecule has 1 aliphatic rings. The van der Waals surface area contributed by atoms with Crippen LogP contribution < -0.4 is 4.90 Å². The van der Waals surface area contributed by atoms with Gasteiger partial charge in [-0.25, -0.2) is 9.78 Å². The number of nitrogens with zero attached hydrogens (tertiary/aromatic N) is 2. The summed E-state index contributed by atoms with van der Waals surface area (Å²) >= 11 is 6.21. The van der Waals surface area contributed by atoms with Crippen LogP contribution in [0.3, 0.4) is 0 Å². The van der Waals surface area contributed by atoms with Gasteiger partial charge >= 0.3 is 5.97 Å². The van der Waals surface area contributed by atoms with Crippen LogP contribution in [0.15, 0.2) is 12.3 Å². The quantitative estimate of drug-likeness (QED) is 0.904. The maximum atomic E-state index is 11.1. The predicted octanol–water partition coefficient (Wildman–Crippen LogP) is 3.30. The molecule has 1 N–H and O–H groups in total. The molecule has 0 saturated carbocycles. The van der Waals surface area contributed by atoms with E-state index in [1.54, 1.807) is 0 Å². The number of pyridine rings is 1. The number of piperidine rings is 1. The Balaban J connectivity index is 2.40. The maximum Gasteiger partial charge on any atom is 0.337 e. The molecule has 2 rings (SSSR count). The summed E-state index contributed by atoms with van der Waals surface area (Å²) in [6.07, 6.45) is 2.69. The van der Waals surface area contributed by atoms with Crippen molar-refractivity contribution in [2.24, 2.45) is 11.8 Å². The van der Waals surface area contributed by atoms with E-state index in [-0.39, 0.29) is 10.6 Å². The normalized spacial score (nSPS) is 27.4. The summed E-state index contributed by atoms with van der Waals surface area (Å²) in [5, 5.41) is 9.37. The van der Waals surface area contributed by atoms with E-state index in [0.29, 0.717) is 23.7 Å². The highest BCUT2D eigenvalue weighted by molar-refractivity contribution is 6.35. The average molecular weight is 283 g/mol. The minimum atomic E-state index is -1.01. The standard InChI is InChI=1S/C14H19ClN2O2/c1-8-6-9(2)10(3)17(7-8)13-12(15)11(14(18)19)4-5-16-13/h4-5,8-10H,6-7H2,1-3H3,(H,18,19). The SMILES string of the molecule is CC1CC(C)C(C)N(c2nccc(C(=O)O)c2Cl)C1. The Bertz CT molecular complexity index is 492. The van der Waals surface area contributed by atoms with Crippen molar-refractivity contribution < 1.29 is 9.90 Å². The fraction of sp³-hybridized carbons (Fsp3) is 0.571. The molecule has 1 saturated heterocycles. The van der Waals surface area contributed by atoms with Gasteiger partial charge in [0.25, 0.3) is 0 Å². The van der Waals surface area contributed by atoms with Gasteiger partial charge in [-0.05, 0) is 31.2 Å². The Hall–Kier alpha value is -1.29. The number of halogens is 1. The van der Waals surface area contributed by atoms with E-state index < -0.39 is 5.97 Å². The van der Waals surface area contributed by atoms with Gasteiger partial charge in [-0.15, -0.1) is 0 Å². The van der Waals surface area contributed by atoms with E-state index in [9.17, 15) is 4.79 Å². The van der Waals surface area contributed by atoms with Gasteiger partial charge in [0.15, 0.2) is 0 Å². The van der Waals surface area contributed by atoms with E-state index >= 15 is 0 Å². The Morgan fingerprint density at radius 1 is 1.47 bits per heavy atom. The summed E-state index contributed by atoms with van der Waals surface area (Å²) in [6, 6.07) is 1.75. The van der Waals surface area contributed by atoms with Gasteiger partial charge in [0.2, 0.25) is 0 Å². The third-order valence-electron chi connectivity index (χ3n) is 3.97. The molecule has 3 atom stereocenters. The highest BCUT2D eigenvalue weighted by Gasteiger charge is 2.31. The minimum Gasteiger partial charge on any atom is -0.478 e. The average Bonchev–Trinajstić information content (AvgIpc) is 2.34. The van der Waals surface area contributed by atoms with Crippen molar-refractivity contribution in [3.63, 3.8) is 0 Å². The summed E-state index contributed by atoms with van der Waals surface area (Å²) < 4.78 is 0. The number of carboxylic acid groups (broad SMARTS) is 1. The highest BCUT2D eigenvalue weighted by atomic mass is 35.5. The van der Waals surface area contributed by atoms with Crippen molar-refractivity contribution in [3.8, 4) is 0 Å². The van der Waals surface area contributed by atoms with Crippen molar-refractivity contribution in [1.29, 1.82) is 0 Å². The summed E-state index contributed by atoms with van der Waals surface area (Å²) in [5.74, 6) is 0.666.